The SMILES string of the molecule is [Fe+6].[O-]C[C@H]([C@H](O)CO)N1CCN(Cc2cccnc2O)CCN([C@H](C[O-])[C@H](O)CO)CC1. The molecule has 5 N–H and O–H groups in total. The molecule has 1 aromatic heterocycles. The number of rotatable bonds is 10. The largest absolute Gasteiger partial charge is 6.00 e. The van der Waals surface area contributed by atoms with Gasteiger partial charge in [-0.15, -0.1) is 13.2 Å². The van der Waals surface area contributed by atoms with Crippen LogP contribution in [0.4, 0.5) is 0 Å². The Hall–Kier alpha value is -0.891. The van der Waals surface area contributed by atoms with Gasteiger partial charge < -0.3 is 35.7 Å². The molecule has 1 saturated heterocycles. The maximum absolute atomic E-state index is 11.8. The molecule has 4 atom stereocenters. The Kier molecular flexibility index (Phi) is 13.7. The number of aliphatic hydroxyl groups is 4. The zero-order valence-electron chi connectivity index (χ0n) is 18.0. The molecule has 0 bridgehead atoms. The van der Waals surface area contributed by atoms with Gasteiger partial charge in [-0.25, -0.2) is 4.98 Å². The van der Waals surface area contributed by atoms with Crippen LogP contribution >= 0.6 is 0 Å². The van der Waals surface area contributed by atoms with E-state index in [1.54, 1.807) is 21.9 Å². The van der Waals surface area contributed by atoms with Crippen molar-refractivity contribution in [1.82, 2.24) is 19.7 Å². The number of aromatic hydroxyl groups is 1. The van der Waals surface area contributed by atoms with Crippen LogP contribution in [0.2, 0.25) is 0 Å². The predicted octanol–water partition coefficient (Wildman–Crippen LogP) is -4.63. The second-order valence-electron chi connectivity index (χ2n) is 7.80. The Labute approximate surface area is 199 Å². The normalized spacial score (nSPS) is 20.9. The van der Waals surface area contributed by atoms with Crippen LogP contribution in [-0.4, -0.2) is 135 Å². The van der Waals surface area contributed by atoms with Crippen molar-refractivity contribution >= 4 is 0 Å². The molecule has 2 heterocycles. The third-order valence-electron chi connectivity index (χ3n) is 5.88. The van der Waals surface area contributed by atoms with Crippen LogP contribution in [-0.2, 0) is 23.6 Å². The molecule has 0 amide bonds. The van der Waals surface area contributed by atoms with Crippen molar-refractivity contribution in [1.29, 1.82) is 0 Å². The van der Waals surface area contributed by atoms with E-state index in [-0.39, 0.29) is 22.9 Å². The average molecular weight is 498 g/mol. The Balaban J connectivity index is 0.00000512. The van der Waals surface area contributed by atoms with Crippen molar-refractivity contribution < 1.29 is 52.8 Å². The minimum absolute atomic E-state index is 0. The van der Waals surface area contributed by atoms with Crippen LogP contribution in [0.15, 0.2) is 18.3 Å². The molecule has 2 rings (SSSR count). The van der Waals surface area contributed by atoms with Crippen molar-refractivity contribution in [3.63, 3.8) is 0 Å². The molecule has 1 aliphatic heterocycles. The van der Waals surface area contributed by atoms with Gasteiger partial charge in [-0.2, -0.15) is 0 Å². The summed E-state index contributed by atoms with van der Waals surface area (Å²) in [5, 5.41) is 72.4. The number of pyridine rings is 1. The van der Waals surface area contributed by atoms with Gasteiger partial charge in [0.05, 0.1) is 25.4 Å². The molecule has 0 spiro atoms. The Morgan fingerprint density at radius 3 is 1.75 bits per heavy atom. The molecule has 0 saturated carbocycles. The molecule has 1 aromatic rings. The van der Waals surface area contributed by atoms with Crippen LogP contribution in [0, 0.1) is 0 Å². The zero-order valence-corrected chi connectivity index (χ0v) is 19.1. The Bertz CT molecular complexity index is 618. The van der Waals surface area contributed by atoms with E-state index in [0.717, 1.165) is 0 Å². The van der Waals surface area contributed by atoms with E-state index in [1.165, 1.54) is 6.20 Å². The van der Waals surface area contributed by atoms with E-state index in [2.05, 4.69) is 4.98 Å². The summed E-state index contributed by atoms with van der Waals surface area (Å²) in [5.41, 5.74) is 0.631. The van der Waals surface area contributed by atoms with Gasteiger partial charge in [-0.05, 0) is 6.07 Å². The number of hydrogen-bond acceptors (Lipinski definition) is 11. The standard InChI is InChI=1S/C20H34N4O7.Fe/c25-11-16(18(29)13-27)23-6-4-22(10-15-2-1-3-21-20(15)31)5-7-24(9-8-23)17(12-26)19(30)14-28;/h1-3,16-19,27-30H,4-14H2,(H,21,31);/q-2;+6/t16-,17-,18-,19-;/m1./s1. The minimum Gasteiger partial charge on any atom is -0.853 e. The molecule has 32 heavy (non-hydrogen) atoms. The fourth-order valence-corrected chi connectivity index (χ4v) is 3.91. The average Bonchev–Trinajstić information content (AvgIpc) is 2.88. The summed E-state index contributed by atoms with van der Waals surface area (Å²) in [4.78, 5) is 9.49. The predicted molar refractivity (Wildman–Crippen MR) is 108 cm³/mol. The van der Waals surface area contributed by atoms with Gasteiger partial charge in [0.1, 0.15) is 0 Å². The maximum atomic E-state index is 11.8. The molecule has 0 unspecified atom stereocenters. The van der Waals surface area contributed by atoms with Crippen LogP contribution in [0.1, 0.15) is 5.56 Å². The first-order valence-electron chi connectivity index (χ1n) is 10.5. The fourth-order valence-electron chi connectivity index (χ4n) is 3.91. The first kappa shape index (κ1) is 29.1. The molecule has 0 aromatic carbocycles. The second-order valence-corrected chi connectivity index (χ2v) is 7.80. The monoisotopic (exact) mass is 498 g/mol. The van der Waals surface area contributed by atoms with E-state index in [0.29, 0.717) is 51.4 Å². The summed E-state index contributed by atoms with van der Waals surface area (Å²) in [6, 6.07) is 1.88. The molecule has 1 fully saturated rings. The molecule has 11 nitrogen and oxygen atoms in total. The van der Waals surface area contributed by atoms with Gasteiger partial charge in [-0.3, -0.25) is 14.7 Å². The van der Waals surface area contributed by atoms with Crippen LogP contribution in [0.5, 0.6) is 5.88 Å². The van der Waals surface area contributed by atoms with Gasteiger partial charge in [0.15, 0.2) is 0 Å². The third kappa shape index (κ3) is 8.15. The summed E-state index contributed by atoms with van der Waals surface area (Å²) in [7, 11) is 0. The fraction of sp³-hybridized carbons (Fsp3) is 0.750. The summed E-state index contributed by atoms with van der Waals surface area (Å²) >= 11 is 0. The van der Waals surface area contributed by atoms with E-state index in [4.69, 9.17) is 0 Å². The van der Waals surface area contributed by atoms with Gasteiger partial charge in [0.25, 0.3) is 0 Å². The quantitative estimate of drug-likeness (QED) is 0.197. The number of aromatic nitrogens is 1. The zero-order chi connectivity index (χ0) is 22.8. The molecule has 12 heteroatoms. The van der Waals surface area contributed by atoms with Crippen LogP contribution in [0.25, 0.3) is 0 Å². The molecule has 0 aliphatic carbocycles. The summed E-state index contributed by atoms with van der Waals surface area (Å²) in [6.07, 6.45) is -0.896. The van der Waals surface area contributed by atoms with Gasteiger partial charge in [-0.1, -0.05) is 6.07 Å². The molecule has 0 radical (unpaired) electrons. The molecular weight excluding hydrogens is 464 g/mol. The first-order valence-corrected chi connectivity index (χ1v) is 10.5. The van der Waals surface area contributed by atoms with Gasteiger partial charge in [0, 0.05) is 69.7 Å². The molecule has 180 valence electrons. The number of hydrogen-bond donors (Lipinski definition) is 5. The Morgan fingerprint density at radius 2 is 1.34 bits per heavy atom. The minimum atomic E-state index is -1.19. The number of nitrogens with zero attached hydrogens (tertiary/aromatic N) is 4. The van der Waals surface area contributed by atoms with Gasteiger partial charge in [0.2, 0.25) is 5.88 Å². The van der Waals surface area contributed by atoms with Crippen molar-refractivity contribution in [2.75, 3.05) is 65.7 Å². The van der Waals surface area contributed by atoms with Crippen molar-refractivity contribution in [3.05, 3.63) is 23.9 Å². The van der Waals surface area contributed by atoms with Crippen LogP contribution < -0.4 is 10.2 Å². The Morgan fingerprint density at radius 1 is 0.875 bits per heavy atom. The first-order chi connectivity index (χ1) is 14.9. The van der Waals surface area contributed by atoms with Crippen LogP contribution in [0.3, 0.4) is 0 Å². The van der Waals surface area contributed by atoms with E-state index in [9.17, 15) is 35.7 Å². The summed E-state index contributed by atoms with van der Waals surface area (Å²) in [6.45, 7) is 0.714. The number of aliphatic hydroxyl groups excluding tert-OH is 4. The summed E-state index contributed by atoms with van der Waals surface area (Å²) in [5.74, 6) is -0.0719. The van der Waals surface area contributed by atoms with Crippen molar-refractivity contribution in [2.45, 2.75) is 30.8 Å². The topological polar surface area (TPSA) is 170 Å². The maximum Gasteiger partial charge on any atom is 6.00 e. The molecule has 1 aliphatic rings. The third-order valence-corrected chi connectivity index (χ3v) is 5.88. The van der Waals surface area contributed by atoms with E-state index in [1.807, 2.05) is 4.90 Å². The molecular formula is C20H34FeN4O7+4. The van der Waals surface area contributed by atoms with E-state index >= 15 is 0 Å². The summed E-state index contributed by atoms with van der Waals surface area (Å²) < 4.78 is 0. The van der Waals surface area contributed by atoms with Crippen molar-refractivity contribution in [2.24, 2.45) is 0 Å². The van der Waals surface area contributed by atoms with E-state index < -0.39 is 50.7 Å². The van der Waals surface area contributed by atoms with Gasteiger partial charge >= 0.3 is 17.1 Å². The van der Waals surface area contributed by atoms with Crippen molar-refractivity contribution in [3.8, 4) is 5.88 Å². The smallest absolute Gasteiger partial charge is 0.853 e. The second kappa shape index (κ2) is 15.1.